The van der Waals surface area contributed by atoms with Gasteiger partial charge in [-0.1, -0.05) is 80.1 Å². The van der Waals surface area contributed by atoms with Crippen LogP contribution in [0.1, 0.15) is 44.1 Å². The molecule has 1 aromatic carbocycles. The Morgan fingerprint density at radius 3 is 2.76 bits per heavy atom. The van der Waals surface area contributed by atoms with Gasteiger partial charge in [-0.3, -0.25) is 0 Å². The van der Waals surface area contributed by atoms with Crippen LogP contribution in [-0.2, 0) is 6.42 Å². The Balaban J connectivity index is 1.56. The molecule has 0 amide bonds. The first-order chi connectivity index (χ1) is 8.43. The van der Waals surface area contributed by atoms with Crippen molar-refractivity contribution in [3.63, 3.8) is 0 Å². The maximum Gasteiger partial charge on any atom is 0.0715 e. The van der Waals surface area contributed by atoms with Crippen LogP contribution in [0.5, 0.6) is 0 Å². The van der Waals surface area contributed by atoms with Crippen LogP contribution >= 0.6 is 0 Å². The molecular formula is C16H24Si. The summed E-state index contributed by atoms with van der Waals surface area (Å²) in [5.41, 5.74) is 1.69. The lowest BCUT2D eigenvalue weighted by atomic mass is 9.88. The third kappa shape index (κ3) is 2.65. The highest BCUT2D eigenvalue weighted by molar-refractivity contribution is 6.74. The predicted octanol–water partition coefficient (Wildman–Crippen LogP) is 3.65. The van der Waals surface area contributed by atoms with Crippen molar-refractivity contribution >= 4 is 14.0 Å². The molecular weight excluding hydrogens is 220 g/mol. The zero-order valence-corrected chi connectivity index (χ0v) is 12.0. The summed E-state index contributed by atoms with van der Waals surface area (Å²) in [6.45, 7) is 0. The average molecular weight is 244 g/mol. The van der Waals surface area contributed by atoms with Crippen LogP contribution < -0.4 is 5.19 Å². The van der Waals surface area contributed by atoms with Crippen molar-refractivity contribution in [3.8, 4) is 0 Å². The lowest BCUT2D eigenvalue weighted by Gasteiger charge is -2.22. The van der Waals surface area contributed by atoms with Gasteiger partial charge in [-0.15, -0.1) is 0 Å². The Morgan fingerprint density at radius 1 is 1.06 bits per heavy atom. The minimum atomic E-state index is -0.550. The molecule has 0 bridgehead atoms. The van der Waals surface area contributed by atoms with Gasteiger partial charge < -0.3 is 0 Å². The van der Waals surface area contributed by atoms with Crippen LogP contribution in [0.4, 0.5) is 0 Å². The van der Waals surface area contributed by atoms with Crippen molar-refractivity contribution in [2.75, 3.05) is 0 Å². The highest BCUT2D eigenvalue weighted by Crippen LogP contribution is 2.29. The molecule has 0 radical (unpaired) electrons. The lowest BCUT2D eigenvalue weighted by Crippen LogP contribution is -2.26. The van der Waals surface area contributed by atoms with E-state index in [-0.39, 0.29) is 0 Å². The van der Waals surface area contributed by atoms with Crippen molar-refractivity contribution in [2.24, 2.45) is 5.92 Å². The van der Waals surface area contributed by atoms with E-state index in [1.165, 1.54) is 38.5 Å². The summed E-state index contributed by atoms with van der Waals surface area (Å²) >= 11 is 0. The molecule has 1 saturated carbocycles. The molecule has 1 heteroatoms. The third-order valence-electron chi connectivity index (χ3n) is 4.91. The second-order valence-corrected chi connectivity index (χ2v) is 9.19. The topological polar surface area (TPSA) is 0 Å². The van der Waals surface area contributed by atoms with Crippen molar-refractivity contribution in [2.45, 2.75) is 57.0 Å². The maximum atomic E-state index is 2.43. The van der Waals surface area contributed by atoms with Crippen molar-refractivity contribution in [1.29, 1.82) is 0 Å². The van der Waals surface area contributed by atoms with Crippen LogP contribution in [0.25, 0.3) is 0 Å². The van der Waals surface area contributed by atoms with E-state index < -0.39 is 8.80 Å². The lowest BCUT2D eigenvalue weighted by molar-refractivity contribution is 0.349. The summed E-state index contributed by atoms with van der Waals surface area (Å²) < 4.78 is 0. The van der Waals surface area contributed by atoms with Gasteiger partial charge >= 0.3 is 0 Å². The maximum absolute atomic E-state index is 2.43. The van der Waals surface area contributed by atoms with Gasteiger partial charge in [-0.2, -0.15) is 0 Å². The molecule has 1 unspecified atom stereocenters. The molecule has 2 aliphatic rings. The van der Waals surface area contributed by atoms with E-state index in [4.69, 9.17) is 0 Å². The third-order valence-corrected chi connectivity index (χ3v) is 8.36. The fraction of sp³-hybridized carbons (Fsp3) is 0.625. The van der Waals surface area contributed by atoms with E-state index in [0.717, 1.165) is 5.92 Å². The normalized spacial score (nSPS) is 24.8. The minimum Gasteiger partial charge on any atom is -0.0631 e. The molecule has 0 aromatic heterocycles. The number of aryl methyl sites for hydroxylation is 1. The van der Waals surface area contributed by atoms with Crippen LogP contribution in [-0.4, -0.2) is 8.80 Å². The van der Waals surface area contributed by atoms with E-state index in [0.29, 0.717) is 0 Å². The number of rotatable bonds is 3. The highest BCUT2D eigenvalue weighted by atomic mass is 28.3. The van der Waals surface area contributed by atoms with E-state index in [1.807, 2.05) is 5.19 Å². The van der Waals surface area contributed by atoms with Crippen LogP contribution in [0.15, 0.2) is 24.3 Å². The van der Waals surface area contributed by atoms with E-state index in [2.05, 4.69) is 24.3 Å². The minimum absolute atomic E-state index is 0.550. The SMILES string of the molecule is c1ccc2c(c1)CC[SiH]2CCC1CCCCC1. The zero-order chi connectivity index (χ0) is 11.5. The zero-order valence-electron chi connectivity index (χ0n) is 10.8. The molecule has 1 aromatic rings. The summed E-state index contributed by atoms with van der Waals surface area (Å²) in [6, 6.07) is 12.4. The molecule has 0 saturated heterocycles. The van der Waals surface area contributed by atoms with Gasteiger partial charge in [0, 0.05) is 0 Å². The Kier molecular flexibility index (Phi) is 3.65. The van der Waals surface area contributed by atoms with Crippen molar-refractivity contribution in [1.82, 2.24) is 0 Å². The largest absolute Gasteiger partial charge is 0.0715 e. The molecule has 1 aliphatic carbocycles. The monoisotopic (exact) mass is 244 g/mol. The summed E-state index contributed by atoms with van der Waals surface area (Å²) in [5, 5.41) is 1.81. The fourth-order valence-corrected chi connectivity index (χ4v) is 7.45. The van der Waals surface area contributed by atoms with E-state index >= 15 is 0 Å². The number of hydrogen-bond acceptors (Lipinski definition) is 0. The first-order valence-corrected chi connectivity index (χ1v) is 9.72. The predicted molar refractivity (Wildman–Crippen MR) is 77.7 cm³/mol. The van der Waals surface area contributed by atoms with Crippen LogP contribution in [0, 0.1) is 5.92 Å². The second-order valence-electron chi connectivity index (χ2n) is 6.02. The molecule has 3 rings (SSSR count). The summed E-state index contributed by atoms with van der Waals surface area (Å²) in [5.74, 6) is 1.09. The first-order valence-electron chi connectivity index (χ1n) is 7.51. The van der Waals surface area contributed by atoms with Gasteiger partial charge in [0.1, 0.15) is 0 Å². The smallest absolute Gasteiger partial charge is 0.0631 e. The summed E-state index contributed by atoms with van der Waals surface area (Å²) in [6.07, 6.45) is 10.5. The van der Waals surface area contributed by atoms with E-state index in [9.17, 15) is 0 Å². The molecule has 17 heavy (non-hydrogen) atoms. The van der Waals surface area contributed by atoms with Gasteiger partial charge in [-0.05, 0) is 17.9 Å². The number of benzene rings is 1. The first kappa shape index (κ1) is 11.5. The van der Waals surface area contributed by atoms with Gasteiger partial charge in [-0.25, -0.2) is 0 Å². The summed E-state index contributed by atoms with van der Waals surface area (Å²) in [7, 11) is -0.550. The molecule has 92 valence electrons. The molecule has 1 fully saturated rings. The van der Waals surface area contributed by atoms with E-state index in [1.54, 1.807) is 24.1 Å². The fourth-order valence-electron chi connectivity index (χ4n) is 3.86. The van der Waals surface area contributed by atoms with Gasteiger partial charge in [0.25, 0.3) is 0 Å². The highest BCUT2D eigenvalue weighted by Gasteiger charge is 2.24. The average Bonchev–Trinajstić information content (AvgIpc) is 2.81. The Bertz CT molecular complexity index is 366. The molecule has 1 heterocycles. The molecule has 1 atom stereocenters. The molecule has 0 nitrogen and oxygen atoms in total. The quantitative estimate of drug-likeness (QED) is 0.712. The second kappa shape index (κ2) is 5.39. The number of hydrogen-bond donors (Lipinski definition) is 0. The van der Waals surface area contributed by atoms with Crippen molar-refractivity contribution < 1.29 is 0 Å². The van der Waals surface area contributed by atoms with Gasteiger partial charge in [0.05, 0.1) is 8.80 Å². The Labute approximate surface area is 107 Å². The van der Waals surface area contributed by atoms with Crippen LogP contribution in [0.2, 0.25) is 12.1 Å². The molecule has 0 N–H and O–H groups in total. The Morgan fingerprint density at radius 2 is 1.88 bits per heavy atom. The van der Waals surface area contributed by atoms with Crippen molar-refractivity contribution in [3.05, 3.63) is 29.8 Å². The standard InChI is InChI=1S/C16H24Si/c1-2-6-14(7-3-1)10-12-17-13-11-15-8-4-5-9-16(15)17/h4-5,8-9,14,17H,1-3,6-7,10-13H2. The van der Waals surface area contributed by atoms with Gasteiger partial charge in [0.15, 0.2) is 0 Å². The Hall–Kier alpha value is -0.563. The summed E-state index contributed by atoms with van der Waals surface area (Å²) in [4.78, 5) is 0. The van der Waals surface area contributed by atoms with Crippen LogP contribution in [0.3, 0.4) is 0 Å². The van der Waals surface area contributed by atoms with Gasteiger partial charge in [0.2, 0.25) is 0 Å². The molecule has 0 spiro atoms. The molecule has 1 aliphatic heterocycles. The number of fused-ring (bicyclic) bond motifs is 1.